The summed E-state index contributed by atoms with van der Waals surface area (Å²) in [6.45, 7) is 13.4. The van der Waals surface area contributed by atoms with E-state index in [1.807, 2.05) is 7.11 Å². The minimum atomic E-state index is -1.39. The summed E-state index contributed by atoms with van der Waals surface area (Å²) in [7, 11) is 1.83. The van der Waals surface area contributed by atoms with Crippen LogP contribution < -0.4 is 5.73 Å². The summed E-state index contributed by atoms with van der Waals surface area (Å²) in [5, 5.41) is 8.25. The summed E-state index contributed by atoms with van der Waals surface area (Å²) in [5.41, 5.74) is 6.57. The van der Waals surface area contributed by atoms with Crippen LogP contribution in [0.15, 0.2) is 18.3 Å². The van der Waals surface area contributed by atoms with Crippen molar-refractivity contribution in [3.05, 3.63) is 24.0 Å². The quantitative estimate of drug-likeness (QED) is 0.115. The maximum Gasteiger partial charge on any atom is 0.328 e. The maximum atomic E-state index is 13.5. The van der Waals surface area contributed by atoms with Crippen molar-refractivity contribution in [2.45, 2.75) is 188 Å². The van der Waals surface area contributed by atoms with Gasteiger partial charge < -0.3 is 43.6 Å². The van der Waals surface area contributed by atoms with E-state index in [1.165, 1.54) is 43.5 Å². The van der Waals surface area contributed by atoms with E-state index in [2.05, 4.69) is 50.2 Å². The highest BCUT2D eigenvalue weighted by Gasteiger charge is 2.66. The number of fused-ring (bicyclic) bond motifs is 5. The Morgan fingerprint density at radius 2 is 1.58 bits per heavy atom. The SMILES string of the molecule is CCC[C@@H](N)/C=C/[C@@H](C)[C@H]1CC[C@H]2C3CC[C@@]4(OC)C[C@@H](OC(=O)Cn5cc(COC6OC(COC(C)=O)C(OC(C)=O)C(OC(C)=O)C6OC(C)=O)nn5)CC[C@]4(C)[C@H]3CC[C@]12C. The van der Waals surface area contributed by atoms with Gasteiger partial charge in [-0.2, -0.15) is 0 Å². The molecule has 0 aromatic carbocycles. The molecule has 1 aromatic heterocycles. The highest BCUT2D eigenvalue weighted by Crippen LogP contribution is 2.69. The Hall–Kier alpha value is -3.93. The van der Waals surface area contributed by atoms with E-state index < -0.39 is 67.2 Å². The Morgan fingerprint density at radius 3 is 2.25 bits per heavy atom. The molecule has 15 atom stereocenters. The molecule has 17 nitrogen and oxygen atoms in total. The molecule has 2 heterocycles. The second-order valence-corrected chi connectivity index (χ2v) is 19.6. The van der Waals surface area contributed by atoms with Crippen LogP contribution in [0.25, 0.3) is 0 Å². The largest absolute Gasteiger partial charge is 0.463 e. The molecule has 17 heteroatoms. The molecule has 6 rings (SSSR count). The van der Waals surface area contributed by atoms with Gasteiger partial charge in [0.2, 0.25) is 0 Å². The first-order chi connectivity index (χ1) is 30.3. The predicted molar refractivity (Wildman–Crippen MR) is 229 cm³/mol. The van der Waals surface area contributed by atoms with Crippen molar-refractivity contribution in [2.24, 2.45) is 46.2 Å². The number of ether oxygens (including phenoxy) is 8. The predicted octanol–water partition coefficient (Wildman–Crippen LogP) is 5.54. The highest BCUT2D eigenvalue weighted by molar-refractivity contribution is 5.69. The molecule has 0 spiro atoms. The zero-order valence-electron chi connectivity index (χ0n) is 39.3. The van der Waals surface area contributed by atoms with Crippen LogP contribution in [-0.2, 0) is 75.0 Å². The van der Waals surface area contributed by atoms with Crippen LogP contribution in [0, 0.1) is 40.4 Å². The van der Waals surface area contributed by atoms with Gasteiger partial charge in [0, 0.05) is 47.3 Å². The van der Waals surface area contributed by atoms with Crippen molar-refractivity contribution >= 4 is 29.8 Å². The Labute approximate surface area is 377 Å². The van der Waals surface area contributed by atoms with Crippen molar-refractivity contribution in [3.8, 4) is 0 Å². The van der Waals surface area contributed by atoms with E-state index in [9.17, 15) is 24.0 Å². The van der Waals surface area contributed by atoms with Crippen LogP contribution in [0.1, 0.15) is 132 Å². The first-order valence-electron chi connectivity index (χ1n) is 23.3. The molecule has 358 valence electrons. The van der Waals surface area contributed by atoms with Gasteiger partial charge in [0.25, 0.3) is 0 Å². The van der Waals surface area contributed by atoms with Crippen LogP contribution in [0.3, 0.4) is 0 Å². The average molecular weight is 901 g/mol. The Bertz CT molecular complexity index is 1860. The average Bonchev–Trinajstić information content (AvgIpc) is 3.83. The number of esters is 5. The first kappa shape index (κ1) is 49.5. The normalized spacial score (nSPS) is 36.7. The van der Waals surface area contributed by atoms with Gasteiger partial charge in [0.1, 0.15) is 31.1 Å². The topological polar surface area (TPSA) is 216 Å². The summed E-state index contributed by atoms with van der Waals surface area (Å²) < 4.78 is 47.6. The summed E-state index contributed by atoms with van der Waals surface area (Å²) >= 11 is 0. The molecule has 1 saturated heterocycles. The van der Waals surface area contributed by atoms with Gasteiger partial charge in [-0.3, -0.25) is 24.0 Å². The summed E-state index contributed by atoms with van der Waals surface area (Å²) in [6.07, 6.45) is 10.7. The standard InChI is InChI=1S/C47H72N4O13/c1-10-11-32(48)13-12-27(2)36-14-15-37-35-17-21-47(57-9)22-34(16-20-46(47,8)38(35)18-19-45(36,37)7)63-40(56)24-51-23-33(49-50-51)25-59-44-43(62-31(6)55)42(61-30(5)54)41(60-29(4)53)39(64-44)26-58-28(3)52/h12-13,23,27,32,34-39,41-44H,10-11,14-22,24-26,48H2,1-9H3/b13-12+/t27-,32-,34+,35?,36-,37+,38+,39?,41?,42?,43?,44?,45-,46-,47-/m1/s1. The van der Waals surface area contributed by atoms with E-state index in [0.29, 0.717) is 47.1 Å². The lowest BCUT2D eigenvalue weighted by molar-refractivity contribution is -0.310. The summed E-state index contributed by atoms with van der Waals surface area (Å²) in [4.78, 5) is 61.6. The molecule has 1 aromatic rings. The Morgan fingerprint density at radius 1 is 0.875 bits per heavy atom. The number of aromatic nitrogens is 3. The van der Waals surface area contributed by atoms with Crippen molar-refractivity contribution in [2.75, 3.05) is 13.7 Å². The van der Waals surface area contributed by atoms with Crippen molar-refractivity contribution < 1.29 is 61.9 Å². The molecule has 2 N–H and O–H groups in total. The number of methoxy groups -OCH3 is 1. The maximum absolute atomic E-state index is 13.5. The van der Waals surface area contributed by atoms with Crippen molar-refractivity contribution in [3.63, 3.8) is 0 Å². The zero-order chi connectivity index (χ0) is 46.6. The fraction of sp³-hybridized carbons (Fsp3) is 0.809. The molecule has 5 fully saturated rings. The number of carbonyl (C=O) groups excluding carboxylic acids is 5. The highest BCUT2D eigenvalue weighted by atomic mass is 16.7. The molecule has 64 heavy (non-hydrogen) atoms. The van der Waals surface area contributed by atoms with Gasteiger partial charge in [-0.25, -0.2) is 4.68 Å². The number of hydrogen-bond acceptors (Lipinski definition) is 16. The Balaban J connectivity index is 1.06. The number of nitrogens with zero attached hydrogens (tertiary/aromatic N) is 3. The van der Waals surface area contributed by atoms with Crippen LogP contribution in [-0.4, -0.2) is 107 Å². The Kier molecular flexibility index (Phi) is 16.0. The van der Waals surface area contributed by atoms with Gasteiger partial charge in [0.05, 0.1) is 18.4 Å². The molecular formula is C47H72N4O13. The third kappa shape index (κ3) is 10.7. The smallest absolute Gasteiger partial charge is 0.328 e. The third-order valence-corrected chi connectivity index (χ3v) is 15.6. The van der Waals surface area contributed by atoms with Gasteiger partial charge in [-0.1, -0.05) is 51.5 Å². The number of carbonyl (C=O) groups is 5. The molecule has 5 aliphatic rings. The fourth-order valence-corrected chi connectivity index (χ4v) is 12.8. The lowest BCUT2D eigenvalue weighted by Crippen LogP contribution is -2.64. The van der Waals surface area contributed by atoms with E-state index >= 15 is 0 Å². The van der Waals surface area contributed by atoms with Gasteiger partial charge in [0.15, 0.2) is 24.6 Å². The zero-order valence-corrected chi connectivity index (χ0v) is 39.3. The molecule has 6 unspecified atom stereocenters. The summed E-state index contributed by atoms with van der Waals surface area (Å²) in [6, 6.07) is 0.132. The van der Waals surface area contributed by atoms with E-state index in [-0.39, 0.29) is 36.3 Å². The second-order valence-electron chi connectivity index (χ2n) is 19.6. The summed E-state index contributed by atoms with van der Waals surface area (Å²) in [5.74, 6) is -0.253. The second kappa shape index (κ2) is 20.7. The number of hydrogen-bond donors (Lipinski definition) is 1. The number of rotatable bonds is 17. The monoisotopic (exact) mass is 901 g/mol. The lowest BCUT2D eigenvalue weighted by Gasteiger charge is -2.65. The molecule has 4 aliphatic carbocycles. The number of allylic oxidation sites excluding steroid dienone is 1. The van der Waals surface area contributed by atoms with Crippen LogP contribution in [0.5, 0.6) is 0 Å². The minimum absolute atomic E-state index is 0.0250. The number of nitrogens with two attached hydrogens (primary N) is 1. The fourth-order valence-electron chi connectivity index (χ4n) is 12.8. The van der Waals surface area contributed by atoms with Crippen molar-refractivity contribution in [1.82, 2.24) is 15.0 Å². The minimum Gasteiger partial charge on any atom is -0.463 e. The molecule has 4 saturated carbocycles. The van der Waals surface area contributed by atoms with Crippen LogP contribution in [0.4, 0.5) is 0 Å². The molecule has 1 aliphatic heterocycles. The van der Waals surface area contributed by atoms with E-state index in [4.69, 9.17) is 43.6 Å². The van der Waals surface area contributed by atoms with Crippen LogP contribution >= 0.6 is 0 Å². The van der Waals surface area contributed by atoms with Crippen LogP contribution in [0.2, 0.25) is 0 Å². The molecule has 0 radical (unpaired) electrons. The molecule has 0 amide bonds. The van der Waals surface area contributed by atoms with E-state index in [0.717, 1.165) is 59.3 Å². The third-order valence-electron chi connectivity index (χ3n) is 15.6. The first-order valence-corrected chi connectivity index (χ1v) is 23.3. The van der Waals surface area contributed by atoms with Gasteiger partial charge in [-0.15, -0.1) is 5.10 Å². The van der Waals surface area contributed by atoms with Gasteiger partial charge in [-0.05, 0) is 98.2 Å². The molecule has 0 bridgehead atoms. The van der Waals surface area contributed by atoms with E-state index in [1.54, 1.807) is 0 Å². The molecular weight excluding hydrogens is 829 g/mol. The van der Waals surface area contributed by atoms with Crippen molar-refractivity contribution in [1.29, 1.82) is 0 Å². The van der Waals surface area contributed by atoms with Gasteiger partial charge >= 0.3 is 29.8 Å². The lowest BCUT2D eigenvalue weighted by atomic mass is 9.43.